The number of amides is 1. The molecule has 1 amide bonds. The fourth-order valence-corrected chi connectivity index (χ4v) is 4.72. The van der Waals surface area contributed by atoms with Gasteiger partial charge in [0.05, 0.1) is 10.9 Å². The van der Waals surface area contributed by atoms with Gasteiger partial charge >= 0.3 is 0 Å². The van der Waals surface area contributed by atoms with E-state index in [2.05, 4.69) is 11.9 Å². The summed E-state index contributed by atoms with van der Waals surface area (Å²) in [7, 11) is -3.67. The molecule has 0 aliphatic heterocycles. The molecule has 5 nitrogen and oxygen atoms in total. The molecule has 0 saturated carbocycles. The molecule has 0 heterocycles. The van der Waals surface area contributed by atoms with Crippen LogP contribution in [0.15, 0.2) is 96.4 Å². The van der Waals surface area contributed by atoms with E-state index < -0.39 is 10.0 Å². The average molecular weight is 449 g/mol. The molecule has 1 unspecified atom stereocenters. The minimum absolute atomic E-state index is 0.119. The predicted molar refractivity (Wildman–Crippen MR) is 128 cm³/mol. The van der Waals surface area contributed by atoms with E-state index in [1.165, 1.54) is 4.31 Å². The summed E-state index contributed by atoms with van der Waals surface area (Å²) in [6, 6.07) is 23.4. The van der Waals surface area contributed by atoms with Crippen molar-refractivity contribution in [1.29, 1.82) is 0 Å². The van der Waals surface area contributed by atoms with Crippen LogP contribution in [0.3, 0.4) is 0 Å². The Bertz CT molecular complexity index is 1160. The first-order valence-corrected chi connectivity index (χ1v) is 11.9. The number of carbonyl (C=O) groups excluding carboxylic acids is 1. The number of hydrogen-bond donors (Lipinski definition) is 1. The molecule has 0 spiro atoms. The number of sulfonamides is 1. The molecule has 166 valence electrons. The number of aryl methyl sites for hydroxylation is 1. The molecular formula is C26H28N2O3S. The van der Waals surface area contributed by atoms with Crippen LogP contribution in [0.4, 0.5) is 0 Å². The van der Waals surface area contributed by atoms with E-state index in [0.29, 0.717) is 5.56 Å². The number of carbonyl (C=O) groups is 1. The number of rotatable bonds is 9. The fourth-order valence-electron chi connectivity index (χ4n) is 3.32. The zero-order valence-electron chi connectivity index (χ0n) is 18.4. The summed E-state index contributed by atoms with van der Waals surface area (Å²) in [6.45, 7) is 7.91. The first kappa shape index (κ1) is 23.4. The minimum Gasteiger partial charge on any atom is -0.346 e. The van der Waals surface area contributed by atoms with Crippen LogP contribution >= 0.6 is 0 Å². The summed E-state index contributed by atoms with van der Waals surface area (Å²) in [4.78, 5) is 12.9. The van der Waals surface area contributed by atoms with Crippen molar-refractivity contribution < 1.29 is 13.2 Å². The number of hydrogen-bond acceptors (Lipinski definition) is 3. The molecule has 0 radical (unpaired) electrons. The fraction of sp³-hybridized carbons (Fsp3) is 0.192. The molecule has 3 aromatic rings. The third-order valence-corrected chi connectivity index (χ3v) is 7.04. The Kier molecular flexibility index (Phi) is 7.62. The second kappa shape index (κ2) is 10.4. The Hall–Kier alpha value is -3.22. The third kappa shape index (κ3) is 5.72. The highest BCUT2D eigenvalue weighted by molar-refractivity contribution is 7.89. The van der Waals surface area contributed by atoms with E-state index in [1.807, 2.05) is 44.2 Å². The number of nitrogens with one attached hydrogen (secondary N) is 1. The van der Waals surface area contributed by atoms with Crippen molar-refractivity contribution >= 4 is 15.9 Å². The van der Waals surface area contributed by atoms with Gasteiger partial charge in [0.25, 0.3) is 5.91 Å². The lowest BCUT2D eigenvalue weighted by Gasteiger charge is -2.21. The summed E-state index contributed by atoms with van der Waals surface area (Å²) in [5.41, 5.74) is 3.33. The van der Waals surface area contributed by atoms with Gasteiger partial charge in [0.1, 0.15) is 0 Å². The second-order valence-corrected chi connectivity index (χ2v) is 9.64. The maximum atomic E-state index is 13.1. The zero-order chi connectivity index (χ0) is 23.1. The van der Waals surface area contributed by atoms with Crippen molar-refractivity contribution in [2.24, 2.45) is 0 Å². The van der Waals surface area contributed by atoms with Crippen LogP contribution in [0.2, 0.25) is 0 Å². The van der Waals surface area contributed by atoms with E-state index in [0.717, 1.165) is 16.7 Å². The van der Waals surface area contributed by atoms with Crippen molar-refractivity contribution in [3.05, 3.63) is 114 Å². The lowest BCUT2D eigenvalue weighted by Crippen LogP contribution is -2.31. The van der Waals surface area contributed by atoms with Crippen molar-refractivity contribution in [2.75, 3.05) is 6.54 Å². The molecule has 0 aromatic heterocycles. The Morgan fingerprint density at radius 3 is 2.22 bits per heavy atom. The van der Waals surface area contributed by atoms with Crippen LogP contribution in [0.25, 0.3) is 0 Å². The largest absolute Gasteiger partial charge is 0.346 e. The summed E-state index contributed by atoms with van der Waals surface area (Å²) in [6.07, 6.45) is 1.57. The standard InChI is InChI=1S/C26H28N2O3S/c1-4-18-28(32(30,31)25-16-10-20(2)11-17-25)19-22-12-14-24(15-13-22)26(29)27-21(3)23-8-6-5-7-9-23/h4-17,21H,1,18-19H2,2-3H3,(H,27,29). The topological polar surface area (TPSA) is 66.5 Å². The van der Waals surface area contributed by atoms with Gasteiger partial charge in [0.2, 0.25) is 10.0 Å². The molecular weight excluding hydrogens is 420 g/mol. The molecule has 0 aliphatic rings. The van der Waals surface area contributed by atoms with Crippen LogP contribution in [0.5, 0.6) is 0 Å². The molecule has 3 rings (SSSR count). The predicted octanol–water partition coefficient (Wildman–Crippen LogP) is 4.86. The molecule has 6 heteroatoms. The minimum atomic E-state index is -3.67. The summed E-state index contributed by atoms with van der Waals surface area (Å²) in [5, 5.41) is 2.98. The van der Waals surface area contributed by atoms with Gasteiger partial charge < -0.3 is 5.32 Å². The molecule has 1 atom stereocenters. The maximum absolute atomic E-state index is 13.1. The van der Waals surface area contributed by atoms with Gasteiger partial charge in [-0.25, -0.2) is 8.42 Å². The molecule has 0 saturated heterocycles. The van der Waals surface area contributed by atoms with Gasteiger partial charge in [0.15, 0.2) is 0 Å². The number of benzene rings is 3. The van der Waals surface area contributed by atoms with Crippen LogP contribution in [0.1, 0.15) is 40.0 Å². The van der Waals surface area contributed by atoms with E-state index in [9.17, 15) is 13.2 Å². The Balaban J connectivity index is 1.72. The van der Waals surface area contributed by atoms with Crippen LogP contribution in [-0.4, -0.2) is 25.2 Å². The van der Waals surface area contributed by atoms with Crippen molar-refractivity contribution in [1.82, 2.24) is 9.62 Å². The molecule has 0 fully saturated rings. The van der Waals surface area contributed by atoms with Crippen molar-refractivity contribution in [3.8, 4) is 0 Å². The van der Waals surface area contributed by atoms with Gasteiger partial charge in [-0.3, -0.25) is 4.79 Å². The zero-order valence-corrected chi connectivity index (χ0v) is 19.2. The lowest BCUT2D eigenvalue weighted by atomic mass is 10.1. The summed E-state index contributed by atoms with van der Waals surface area (Å²) in [5.74, 6) is -0.178. The molecule has 3 aromatic carbocycles. The Morgan fingerprint density at radius 1 is 1.00 bits per heavy atom. The highest BCUT2D eigenvalue weighted by Gasteiger charge is 2.23. The van der Waals surface area contributed by atoms with Crippen LogP contribution in [0, 0.1) is 6.92 Å². The summed E-state index contributed by atoms with van der Waals surface area (Å²) < 4.78 is 27.5. The quantitative estimate of drug-likeness (QED) is 0.475. The van der Waals surface area contributed by atoms with Gasteiger partial charge in [-0.15, -0.1) is 6.58 Å². The van der Waals surface area contributed by atoms with Crippen molar-refractivity contribution in [2.45, 2.75) is 31.3 Å². The van der Waals surface area contributed by atoms with E-state index in [4.69, 9.17) is 0 Å². The second-order valence-electron chi connectivity index (χ2n) is 7.70. The van der Waals surface area contributed by atoms with Gasteiger partial charge in [-0.2, -0.15) is 4.31 Å². The number of nitrogens with zero attached hydrogens (tertiary/aromatic N) is 1. The molecule has 0 bridgehead atoms. The van der Waals surface area contributed by atoms with Crippen molar-refractivity contribution in [3.63, 3.8) is 0 Å². The third-order valence-electron chi connectivity index (χ3n) is 5.21. The molecule has 0 aliphatic carbocycles. The van der Waals surface area contributed by atoms with Gasteiger partial charge in [0, 0.05) is 18.7 Å². The first-order chi connectivity index (χ1) is 15.3. The highest BCUT2D eigenvalue weighted by Crippen LogP contribution is 2.20. The average Bonchev–Trinajstić information content (AvgIpc) is 2.80. The van der Waals surface area contributed by atoms with Gasteiger partial charge in [-0.1, -0.05) is 66.2 Å². The molecule has 32 heavy (non-hydrogen) atoms. The monoisotopic (exact) mass is 448 g/mol. The van der Waals surface area contributed by atoms with E-state index in [-0.39, 0.29) is 29.9 Å². The smallest absolute Gasteiger partial charge is 0.251 e. The van der Waals surface area contributed by atoms with Crippen LogP contribution in [-0.2, 0) is 16.6 Å². The maximum Gasteiger partial charge on any atom is 0.251 e. The van der Waals surface area contributed by atoms with E-state index in [1.54, 1.807) is 54.6 Å². The first-order valence-electron chi connectivity index (χ1n) is 10.4. The normalized spacial score (nSPS) is 12.3. The SMILES string of the molecule is C=CCN(Cc1ccc(C(=O)NC(C)c2ccccc2)cc1)S(=O)(=O)c1ccc(C)cc1. The van der Waals surface area contributed by atoms with Gasteiger partial charge in [-0.05, 0) is 49.2 Å². The molecule has 1 N–H and O–H groups in total. The Labute approximate surface area is 190 Å². The van der Waals surface area contributed by atoms with Crippen LogP contribution < -0.4 is 5.32 Å². The summed E-state index contributed by atoms with van der Waals surface area (Å²) >= 11 is 0. The Morgan fingerprint density at radius 2 is 1.62 bits per heavy atom. The lowest BCUT2D eigenvalue weighted by molar-refractivity contribution is 0.0940. The van der Waals surface area contributed by atoms with E-state index >= 15 is 0 Å². The highest BCUT2D eigenvalue weighted by atomic mass is 32.2.